The molecule has 1 aromatic rings. The number of nitrogens with one attached hydrogen (secondary N) is 1. The largest absolute Gasteiger partial charge is 0.348 e. The van der Waals surface area contributed by atoms with E-state index in [0.29, 0.717) is 11.7 Å². The third kappa shape index (κ3) is 1.87. The van der Waals surface area contributed by atoms with Gasteiger partial charge in [-0.15, -0.1) is 0 Å². The Morgan fingerprint density at radius 1 is 1.20 bits per heavy atom. The fraction of sp³-hybridized carbons (Fsp3) is 0.647. The molecule has 1 aromatic heterocycles. The Morgan fingerprint density at radius 2 is 2.05 bits per heavy atom. The smallest absolute Gasteiger partial charge is 0.270 e. The van der Waals surface area contributed by atoms with E-state index < -0.39 is 0 Å². The van der Waals surface area contributed by atoms with Crippen molar-refractivity contribution in [3.8, 4) is 0 Å². The number of nitrogens with zero attached hydrogens (tertiary/aromatic N) is 1. The molecule has 1 heterocycles. The van der Waals surface area contributed by atoms with Gasteiger partial charge in [0.25, 0.3) is 5.91 Å². The number of aryl methyl sites for hydroxylation is 1. The van der Waals surface area contributed by atoms with E-state index in [-0.39, 0.29) is 5.91 Å². The first-order chi connectivity index (χ1) is 9.72. The second-order valence-electron chi connectivity index (χ2n) is 6.90. The molecule has 3 fully saturated rings. The highest BCUT2D eigenvalue weighted by atomic mass is 16.1. The summed E-state index contributed by atoms with van der Waals surface area (Å²) in [6.45, 7) is 1.93. The maximum absolute atomic E-state index is 12.3. The van der Waals surface area contributed by atoms with Gasteiger partial charge in [-0.05, 0) is 68.4 Å². The van der Waals surface area contributed by atoms with E-state index in [1.54, 1.807) is 0 Å². The summed E-state index contributed by atoms with van der Waals surface area (Å²) in [6.07, 6.45) is 6.78. The Hall–Kier alpha value is -1.38. The molecule has 0 radical (unpaired) electrons. The van der Waals surface area contributed by atoms with Crippen LogP contribution in [0.3, 0.4) is 0 Å². The lowest BCUT2D eigenvalue weighted by Crippen LogP contribution is -2.42. The Balaban J connectivity index is 1.47. The highest BCUT2D eigenvalue weighted by molar-refractivity contribution is 5.92. The van der Waals surface area contributed by atoms with Crippen molar-refractivity contribution < 1.29 is 4.79 Å². The molecule has 3 heteroatoms. The molecule has 1 N–H and O–H groups in total. The van der Waals surface area contributed by atoms with Gasteiger partial charge in [-0.25, -0.2) is 4.98 Å². The Bertz CT molecular complexity index is 542. The van der Waals surface area contributed by atoms with Crippen molar-refractivity contribution in [2.75, 3.05) is 0 Å². The van der Waals surface area contributed by atoms with Crippen molar-refractivity contribution in [3.05, 3.63) is 29.6 Å². The third-order valence-electron chi connectivity index (χ3n) is 5.87. The fourth-order valence-corrected chi connectivity index (χ4v) is 5.15. The molecule has 4 rings (SSSR count). The molecule has 20 heavy (non-hydrogen) atoms. The van der Waals surface area contributed by atoms with Gasteiger partial charge in [0.1, 0.15) is 5.69 Å². The van der Waals surface area contributed by atoms with Crippen molar-refractivity contribution in [3.63, 3.8) is 0 Å². The van der Waals surface area contributed by atoms with Crippen molar-refractivity contribution in [2.45, 2.75) is 45.1 Å². The summed E-state index contributed by atoms with van der Waals surface area (Å²) in [4.78, 5) is 16.7. The van der Waals surface area contributed by atoms with Crippen LogP contribution in [-0.4, -0.2) is 16.9 Å². The minimum absolute atomic E-state index is 0.0146. The van der Waals surface area contributed by atoms with E-state index in [1.807, 2.05) is 25.1 Å². The van der Waals surface area contributed by atoms with E-state index in [1.165, 1.54) is 32.1 Å². The number of aromatic nitrogens is 1. The lowest BCUT2D eigenvalue weighted by atomic mass is 9.79. The number of hydrogen-bond acceptors (Lipinski definition) is 2. The van der Waals surface area contributed by atoms with Crippen molar-refractivity contribution in [1.29, 1.82) is 0 Å². The van der Waals surface area contributed by atoms with Gasteiger partial charge in [0.15, 0.2) is 0 Å². The van der Waals surface area contributed by atoms with Gasteiger partial charge in [0.2, 0.25) is 0 Å². The van der Waals surface area contributed by atoms with Crippen LogP contribution in [0.15, 0.2) is 18.2 Å². The summed E-state index contributed by atoms with van der Waals surface area (Å²) >= 11 is 0. The van der Waals surface area contributed by atoms with Crippen LogP contribution in [0.25, 0.3) is 0 Å². The molecule has 5 atom stereocenters. The standard InChI is InChI=1S/C17H22N2O/c1-10-4-2-7-15(18-10)17(20)19-16-9-11-8-14(16)13-6-3-5-12(11)13/h2,4,7,11-14,16H,3,5-6,8-9H2,1H3,(H,19,20). The summed E-state index contributed by atoms with van der Waals surface area (Å²) in [6, 6.07) is 6.05. The normalized spacial score (nSPS) is 38.0. The van der Waals surface area contributed by atoms with Crippen LogP contribution < -0.4 is 5.32 Å². The Labute approximate surface area is 120 Å². The maximum atomic E-state index is 12.3. The van der Waals surface area contributed by atoms with Crippen molar-refractivity contribution >= 4 is 5.91 Å². The number of carbonyl (C=O) groups is 1. The second-order valence-corrected chi connectivity index (χ2v) is 6.90. The zero-order valence-electron chi connectivity index (χ0n) is 12.0. The molecule has 3 aliphatic rings. The molecule has 2 bridgehead atoms. The topological polar surface area (TPSA) is 42.0 Å². The summed E-state index contributed by atoms with van der Waals surface area (Å²) in [5.41, 5.74) is 1.47. The van der Waals surface area contributed by atoms with Gasteiger partial charge in [0.05, 0.1) is 0 Å². The summed E-state index contributed by atoms with van der Waals surface area (Å²) < 4.78 is 0. The van der Waals surface area contributed by atoms with Crippen molar-refractivity contribution in [1.82, 2.24) is 10.3 Å². The van der Waals surface area contributed by atoms with Crippen LogP contribution in [0.5, 0.6) is 0 Å². The van der Waals surface area contributed by atoms with Gasteiger partial charge >= 0.3 is 0 Å². The quantitative estimate of drug-likeness (QED) is 0.897. The summed E-state index contributed by atoms with van der Waals surface area (Å²) in [7, 11) is 0. The second kappa shape index (κ2) is 4.57. The van der Waals surface area contributed by atoms with Crippen molar-refractivity contribution in [2.24, 2.45) is 23.7 Å². The molecule has 0 spiro atoms. The van der Waals surface area contributed by atoms with E-state index in [2.05, 4.69) is 10.3 Å². The molecule has 3 nitrogen and oxygen atoms in total. The highest BCUT2D eigenvalue weighted by Gasteiger charge is 2.54. The minimum Gasteiger partial charge on any atom is -0.348 e. The minimum atomic E-state index is 0.0146. The first kappa shape index (κ1) is 12.4. The Kier molecular flexibility index (Phi) is 2.83. The number of fused-ring (bicyclic) bond motifs is 5. The van der Waals surface area contributed by atoms with E-state index in [0.717, 1.165) is 29.4 Å². The number of rotatable bonds is 2. The molecule has 0 aromatic carbocycles. The third-order valence-corrected chi connectivity index (χ3v) is 5.87. The average Bonchev–Trinajstić information content (AvgIpc) is 3.10. The molecular formula is C17H22N2O. The van der Waals surface area contributed by atoms with Crippen LogP contribution in [0.1, 0.15) is 48.3 Å². The van der Waals surface area contributed by atoms with Crippen LogP contribution in [0, 0.1) is 30.6 Å². The van der Waals surface area contributed by atoms with Crippen LogP contribution in [-0.2, 0) is 0 Å². The maximum Gasteiger partial charge on any atom is 0.270 e. The number of hydrogen-bond donors (Lipinski definition) is 1. The van der Waals surface area contributed by atoms with E-state index in [9.17, 15) is 4.79 Å². The predicted octanol–water partition coefficient (Wildman–Crippen LogP) is 2.94. The summed E-state index contributed by atoms with van der Waals surface area (Å²) in [5, 5.41) is 3.26. The number of pyridine rings is 1. The lowest BCUT2D eigenvalue weighted by molar-refractivity contribution is 0.0896. The van der Waals surface area contributed by atoms with E-state index >= 15 is 0 Å². The van der Waals surface area contributed by atoms with Crippen LogP contribution >= 0.6 is 0 Å². The Morgan fingerprint density at radius 3 is 2.90 bits per heavy atom. The lowest BCUT2D eigenvalue weighted by Gasteiger charge is -2.32. The zero-order valence-corrected chi connectivity index (χ0v) is 12.0. The van der Waals surface area contributed by atoms with Crippen LogP contribution in [0.4, 0.5) is 0 Å². The average molecular weight is 270 g/mol. The van der Waals surface area contributed by atoms with Gasteiger partial charge < -0.3 is 5.32 Å². The van der Waals surface area contributed by atoms with Gasteiger partial charge in [-0.3, -0.25) is 4.79 Å². The molecule has 106 valence electrons. The fourth-order valence-electron chi connectivity index (χ4n) is 5.15. The first-order valence-corrected chi connectivity index (χ1v) is 7.97. The van der Waals surface area contributed by atoms with Gasteiger partial charge in [-0.1, -0.05) is 12.5 Å². The van der Waals surface area contributed by atoms with E-state index in [4.69, 9.17) is 0 Å². The predicted molar refractivity (Wildman–Crippen MR) is 77.3 cm³/mol. The summed E-state index contributed by atoms with van der Waals surface area (Å²) in [5.74, 6) is 3.50. The molecular weight excluding hydrogens is 248 g/mol. The molecule has 3 saturated carbocycles. The zero-order chi connectivity index (χ0) is 13.7. The molecule has 3 aliphatic carbocycles. The molecule has 5 unspecified atom stereocenters. The van der Waals surface area contributed by atoms with Crippen LogP contribution in [0.2, 0.25) is 0 Å². The van der Waals surface area contributed by atoms with Gasteiger partial charge in [0, 0.05) is 11.7 Å². The molecule has 0 saturated heterocycles. The SMILES string of the molecule is Cc1cccc(C(=O)NC2CC3CC2C2CCCC32)n1. The van der Waals surface area contributed by atoms with Gasteiger partial charge in [-0.2, -0.15) is 0 Å². The first-order valence-electron chi connectivity index (χ1n) is 7.97. The molecule has 0 aliphatic heterocycles. The monoisotopic (exact) mass is 270 g/mol. The highest BCUT2D eigenvalue weighted by Crippen LogP contribution is 2.58. The molecule has 1 amide bonds. The number of carbonyl (C=O) groups excluding carboxylic acids is 1. The number of amides is 1.